The summed E-state index contributed by atoms with van der Waals surface area (Å²) in [5.41, 5.74) is 0.650. The number of amidine groups is 1. The van der Waals surface area contributed by atoms with Gasteiger partial charge in [0.1, 0.15) is 5.84 Å². The van der Waals surface area contributed by atoms with Crippen molar-refractivity contribution in [1.82, 2.24) is 4.72 Å². The molecular formula is C12H14N2O3S. The van der Waals surface area contributed by atoms with Crippen LogP contribution in [0.5, 0.6) is 0 Å². The summed E-state index contributed by atoms with van der Waals surface area (Å²) in [6.45, 7) is 2.63. The van der Waals surface area contributed by atoms with Crippen LogP contribution in [-0.4, -0.2) is 33.0 Å². The van der Waals surface area contributed by atoms with Crippen LogP contribution in [0.3, 0.4) is 0 Å². The number of hydrogen-bond acceptors (Lipinski definition) is 4. The fourth-order valence-corrected chi connectivity index (χ4v) is 3.52. The molecule has 0 spiro atoms. The van der Waals surface area contributed by atoms with Crippen LogP contribution in [0.15, 0.2) is 34.2 Å². The molecule has 1 saturated heterocycles. The SMILES string of the molecule is CC1OCCC1N=C1NS(=O)(=O)c2ccccc21. The Balaban J connectivity index is 2.04. The predicted octanol–water partition coefficient (Wildman–Crippen LogP) is 0.902. The van der Waals surface area contributed by atoms with Gasteiger partial charge in [-0.05, 0) is 25.5 Å². The first-order chi connectivity index (χ1) is 8.58. The number of nitrogens with one attached hydrogen (secondary N) is 1. The Labute approximate surface area is 106 Å². The molecule has 2 heterocycles. The van der Waals surface area contributed by atoms with E-state index in [2.05, 4.69) is 9.71 Å². The number of hydrogen-bond donors (Lipinski definition) is 1. The fraction of sp³-hybridized carbons (Fsp3) is 0.417. The highest BCUT2D eigenvalue weighted by molar-refractivity contribution is 7.90. The smallest absolute Gasteiger partial charge is 0.263 e. The van der Waals surface area contributed by atoms with Crippen LogP contribution >= 0.6 is 0 Å². The highest BCUT2D eigenvalue weighted by Crippen LogP contribution is 2.24. The number of aliphatic imine (C=N–C) groups is 1. The number of benzene rings is 1. The van der Waals surface area contributed by atoms with Crippen molar-refractivity contribution in [2.75, 3.05) is 6.61 Å². The molecule has 0 amide bonds. The van der Waals surface area contributed by atoms with Crippen LogP contribution in [0.25, 0.3) is 0 Å². The Morgan fingerprint density at radius 2 is 2.17 bits per heavy atom. The average molecular weight is 266 g/mol. The zero-order valence-electron chi connectivity index (χ0n) is 9.96. The van der Waals surface area contributed by atoms with E-state index in [1.165, 1.54) is 0 Å². The van der Waals surface area contributed by atoms with Gasteiger partial charge in [0.15, 0.2) is 0 Å². The van der Waals surface area contributed by atoms with Crippen LogP contribution < -0.4 is 4.72 Å². The lowest BCUT2D eigenvalue weighted by Gasteiger charge is -2.09. The van der Waals surface area contributed by atoms with Crippen LogP contribution in [0.1, 0.15) is 18.9 Å². The van der Waals surface area contributed by atoms with Crippen molar-refractivity contribution >= 4 is 15.9 Å². The van der Waals surface area contributed by atoms with Crippen LogP contribution in [-0.2, 0) is 14.8 Å². The van der Waals surface area contributed by atoms with E-state index in [9.17, 15) is 8.42 Å². The summed E-state index contributed by atoms with van der Waals surface area (Å²) in [5, 5.41) is 0. The van der Waals surface area contributed by atoms with E-state index in [-0.39, 0.29) is 12.1 Å². The molecule has 0 saturated carbocycles. The molecule has 1 fully saturated rings. The van der Waals surface area contributed by atoms with Crippen LogP contribution in [0.2, 0.25) is 0 Å². The van der Waals surface area contributed by atoms with Crippen molar-refractivity contribution < 1.29 is 13.2 Å². The first kappa shape index (κ1) is 11.7. The lowest BCUT2D eigenvalue weighted by Crippen LogP contribution is -2.26. The molecule has 0 aliphatic carbocycles. The Bertz CT molecular complexity index is 610. The molecule has 3 rings (SSSR count). The van der Waals surface area contributed by atoms with Crippen molar-refractivity contribution in [3.63, 3.8) is 0 Å². The molecule has 6 heteroatoms. The zero-order chi connectivity index (χ0) is 12.8. The first-order valence-corrected chi connectivity index (χ1v) is 7.38. The van der Waals surface area contributed by atoms with Gasteiger partial charge in [-0.1, -0.05) is 12.1 Å². The summed E-state index contributed by atoms with van der Waals surface area (Å²) < 4.78 is 31.7. The van der Waals surface area contributed by atoms with Gasteiger partial charge in [-0.2, -0.15) is 0 Å². The number of rotatable bonds is 1. The molecule has 1 aromatic carbocycles. The lowest BCUT2D eigenvalue weighted by molar-refractivity contribution is 0.119. The minimum absolute atomic E-state index is 0.0221. The molecule has 0 radical (unpaired) electrons. The molecule has 1 N–H and O–H groups in total. The minimum Gasteiger partial charge on any atom is -0.376 e. The molecule has 2 unspecified atom stereocenters. The van der Waals surface area contributed by atoms with Gasteiger partial charge in [0.2, 0.25) is 0 Å². The maximum absolute atomic E-state index is 11.9. The van der Waals surface area contributed by atoms with Gasteiger partial charge in [0, 0.05) is 12.2 Å². The van der Waals surface area contributed by atoms with Gasteiger partial charge in [0.05, 0.1) is 17.0 Å². The molecule has 2 aliphatic heterocycles. The van der Waals surface area contributed by atoms with Crippen molar-refractivity contribution in [2.24, 2.45) is 4.99 Å². The van der Waals surface area contributed by atoms with Gasteiger partial charge in [-0.25, -0.2) is 8.42 Å². The average Bonchev–Trinajstić information content (AvgIpc) is 2.84. The number of ether oxygens (including phenoxy) is 1. The third kappa shape index (κ3) is 1.81. The normalized spacial score (nSPS) is 31.3. The Morgan fingerprint density at radius 1 is 1.39 bits per heavy atom. The Kier molecular flexibility index (Phi) is 2.64. The largest absolute Gasteiger partial charge is 0.376 e. The van der Waals surface area contributed by atoms with Gasteiger partial charge in [0.25, 0.3) is 10.0 Å². The third-order valence-electron chi connectivity index (χ3n) is 3.29. The van der Waals surface area contributed by atoms with Crippen molar-refractivity contribution in [3.05, 3.63) is 29.8 Å². The van der Waals surface area contributed by atoms with E-state index < -0.39 is 10.0 Å². The quantitative estimate of drug-likeness (QED) is 0.821. The molecule has 2 aliphatic rings. The summed E-state index contributed by atoms with van der Waals surface area (Å²) in [5.74, 6) is 0.438. The van der Waals surface area contributed by atoms with E-state index >= 15 is 0 Å². The van der Waals surface area contributed by atoms with E-state index in [0.29, 0.717) is 22.9 Å². The standard InChI is InChI=1S/C12H14N2O3S/c1-8-10(6-7-17-8)13-12-9-4-2-3-5-11(9)18(15,16)14-12/h2-5,8,10H,6-7H2,1H3,(H,13,14). The van der Waals surface area contributed by atoms with Crippen LogP contribution in [0, 0.1) is 0 Å². The highest BCUT2D eigenvalue weighted by atomic mass is 32.2. The van der Waals surface area contributed by atoms with E-state index in [1.54, 1.807) is 18.2 Å². The second-order valence-corrected chi connectivity index (χ2v) is 6.16. The molecule has 1 aromatic rings. The zero-order valence-corrected chi connectivity index (χ0v) is 10.8. The van der Waals surface area contributed by atoms with Crippen molar-refractivity contribution in [2.45, 2.75) is 30.4 Å². The van der Waals surface area contributed by atoms with E-state index in [0.717, 1.165) is 6.42 Å². The molecule has 96 valence electrons. The van der Waals surface area contributed by atoms with E-state index in [4.69, 9.17) is 4.74 Å². The molecule has 2 atom stereocenters. The van der Waals surface area contributed by atoms with Crippen molar-refractivity contribution in [1.29, 1.82) is 0 Å². The second-order valence-electron chi connectivity index (χ2n) is 4.51. The van der Waals surface area contributed by atoms with Gasteiger partial charge >= 0.3 is 0 Å². The fourth-order valence-electron chi connectivity index (χ4n) is 2.29. The predicted molar refractivity (Wildman–Crippen MR) is 67.1 cm³/mol. The number of sulfonamides is 1. The molecule has 0 bridgehead atoms. The summed E-state index contributed by atoms with van der Waals surface area (Å²) in [6.07, 6.45) is 0.865. The topological polar surface area (TPSA) is 67.8 Å². The third-order valence-corrected chi connectivity index (χ3v) is 4.69. The van der Waals surface area contributed by atoms with E-state index in [1.807, 2.05) is 13.0 Å². The van der Waals surface area contributed by atoms with Gasteiger partial charge in [-0.15, -0.1) is 0 Å². The summed E-state index contributed by atoms with van der Waals surface area (Å²) in [7, 11) is -3.44. The van der Waals surface area contributed by atoms with Crippen LogP contribution in [0.4, 0.5) is 0 Å². The number of nitrogens with zero attached hydrogens (tertiary/aromatic N) is 1. The summed E-state index contributed by atoms with van der Waals surface area (Å²) >= 11 is 0. The highest BCUT2D eigenvalue weighted by Gasteiger charge is 2.32. The lowest BCUT2D eigenvalue weighted by atomic mass is 10.1. The molecule has 5 nitrogen and oxygen atoms in total. The molecular weight excluding hydrogens is 252 g/mol. The number of fused-ring (bicyclic) bond motifs is 1. The van der Waals surface area contributed by atoms with Gasteiger partial charge < -0.3 is 4.74 Å². The monoisotopic (exact) mass is 266 g/mol. The Morgan fingerprint density at radius 3 is 2.89 bits per heavy atom. The maximum Gasteiger partial charge on any atom is 0.263 e. The van der Waals surface area contributed by atoms with Gasteiger partial charge in [-0.3, -0.25) is 9.71 Å². The summed E-state index contributed by atoms with van der Waals surface area (Å²) in [6, 6.07) is 6.91. The molecule has 18 heavy (non-hydrogen) atoms. The van der Waals surface area contributed by atoms with Crippen molar-refractivity contribution in [3.8, 4) is 0 Å². The maximum atomic E-state index is 11.9. The second kappa shape index (κ2) is 4.07. The Hall–Kier alpha value is -1.40. The minimum atomic E-state index is -3.44. The molecule has 0 aromatic heterocycles. The summed E-state index contributed by atoms with van der Waals surface area (Å²) in [4.78, 5) is 4.80. The first-order valence-electron chi connectivity index (χ1n) is 5.89.